The molecule has 0 aromatic carbocycles. The van der Waals surface area contributed by atoms with E-state index in [1.54, 1.807) is 0 Å². The van der Waals surface area contributed by atoms with Crippen LogP contribution in [0, 0.1) is 11.8 Å². The van der Waals surface area contributed by atoms with Crippen LogP contribution in [0.2, 0.25) is 0 Å². The minimum absolute atomic E-state index is 0.107. The maximum atomic E-state index is 11.2. The molecule has 0 aromatic heterocycles. The zero-order chi connectivity index (χ0) is 15.3. The summed E-state index contributed by atoms with van der Waals surface area (Å²) < 4.78 is 0. The van der Waals surface area contributed by atoms with Crippen LogP contribution in [0.1, 0.15) is 84.0 Å². The Balaban J connectivity index is 1.94. The molecule has 2 N–H and O–H groups in total. The van der Waals surface area contributed by atoms with Crippen LogP contribution in [0.25, 0.3) is 0 Å². The Bertz CT molecular complexity index is 268. The largest absolute Gasteiger partial charge is 0.481 e. The molecule has 1 fully saturated rings. The Morgan fingerprint density at radius 1 is 1.00 bits per heavy atom. The van der Waals surface area contributed by atoms with E-state index in [-0.39, 0.29) is 5.92 Å². The Labute approximate surface area is 130 Å². The number of carboxylic acid groups (broad SMARTS) is 1. The number of carboxylic acids is 1. The molecule has 1 aliphatic carbocycles. The monoisotopic (exact) mass is 297 g/mol. The van der Waals surface area contributed by atoms with E-state index in [0.29, 0.717) is 5.92 Å². The predicted molar refractivity (Wildman–Crippen MR) is 88.6 cm³/mol. The lowest BCUT2D eigenvalue weighted by molar-refractivity contribution is -0.144. The summed E-state index contributed by atoms with van der Waals surface area (Å²) in [5.41, 5.74) is 0. The first kappa shape index (κ1) is 18.5. The van der Waals surface area contributed by atoms with Crippen LogP contribution in [-0.2, 0) is 4.79 Å². The molecular formula is C18H35NO2. The topological polar surface area (TPSA) is 49.3 Å². The molecular weight excluding hydrogens is 262 g/mol. The molecule has 0 heterocycles. The lowest BCUT2D eigenvalue weighted by Gasteiger charge is -2.28. The summed E-state index contributed by atoms with van der Waals surface area (Å²) in [4.78, 5) is 11.2. The molecule has 3 heteroatoms. The van der Waals surface area contributed by atoms with E-state index in [9.17, 15) is 9.90 Å². The second-order valence-corrected chi connectivity index (χ2v) is 6.67. The normalized spacial score (nSPS) is 22.3. The van der Waals surface area contributed by atoms with E-state index in [0.717, 1.165) is 32.4 Å². The molecule has 1 saturated carbocycles. The number of nitrogens with one attached hydrogen (secondary N) is 1. The summed E-state index contributed by atoms with van der Waals surface area (Å²) in [6, 6.07) is 0. The van der Waals surface area contributed by atoms with E-state index >= 15 is 0 Å². The van der Waals surface area contributed by atoms with Crippen molar-refractivity contribution in [3.63, 3.8) is 0 Å². The summed E-state index contributed by atoms with van der Waals surface area (Å²) in [5.74, 6) is -0.344. The molecule has 1 aliphatic rings. The lowest BCUT2D eigenvalue weighted by atomic mass is 9.79. The molecule has 2 atom stereocenters. The number of hydrogen-bond donors (Lipinski definition) is 2. The van der Waals surface area contributed by atoms with Crippen molar-refractivity contribution in [1.82, 2.24) is 5.32 Å². The van der Waals surface area contributed by atoms with Crippen molar-refractivity contribution in [1.29, 1.82) is 0 Å². The number of carbonyl (C=O) groups is 1. The van der Waals surface area contributed by atoms with Crippen LogP contribution in [-0.4, -0.2) is 24.2 Å². The standard InChI is InChI=1S/C18H35NO2/c1-2-3-4-5-6-7-8-11-14-19-15-16-12-9-10-13-17(16)18(20)21/h16-17,19H,2-15H2,1H3,(H,20,21). The molecule has 0 amide bonds. The number of rotatable bonds is 12. The van der Waals surface area contributed by atoms with Gasteiger partial charge in [-0.05, 0) is 38.3 Å². The van der Waals surface area contributed by atoms with Crippen LogP contribution in [0.4, 0.5) is 0 Å². The molecule has 0 saturated heterocycles. The van der Waals surface area contributed by atoms with Gasteiger partial charge in [0.05, 0.1) is 5.92 Å². The van der Waals surface area contributed by atoms with Crippen molar-refractivity contribution in [3.8, 4) is 0 Å². The van der Waals surface area contributed by atoms with Crippen molar-refractivity contribution in [2.24, 2.45) is 11.8 Å². The third-order valence-corrected chi connectivity index (χ3v) is 4.84. The Hall–Kier alpha value is -0.570. The lowest BCUT2D eigenvalue weighted by Crippen LogP contribution is -2.35. The van der Waals surface area contributed by atoms with E-state index in [1.165, 1.54) is 57.8 Å². The van der Waals surface area contributed by atoms with Gasteiger partial charge >= 0.3 is 5.97 Å². The Morgan fingerprint density at radius 3 is 2.29 bits per heavy atom. The fourth-order valence-electron chi connectivity index (χ4n) is 3.45. The first-order valence-corrected chi connectivity index (χ1v) is 9.19. The average molecular weight is 297 g/mol. The summed E-state index contributed by atoms with van der Waals surface area (Å²) in [6.45, 7) is 4.21. The molecule has 124 valence electrons. The zero-order valence-electron chi connectivity index (χ0n) is 13.9. The van der Waals surface area contributed by atoms with Crippen LogP contribution in [0.15, 0.2) is 0 Å². The number of hydrogen-bond acceptors (Lipinski definition) is 2. The van der Waals surface area contributed by atoms with Crippen LogP contribution < -0.4 is 5.32 Å². The van der Waals surface area contributed by atoms with Crippen molar-refractivity contribution in [2.75, 3.05) is 13.1 Å². The van der Waals surface area contributed by atoms with Crippen molar-refractivity contribution < 1.29 is 9.90 Å². The highest BCUT2D eigenvalue weighted by Crippen LogP contribution is 2.29. The second kappa shape index (κ2) is 12.0. The highest BCUT2D eigenvalue weighted by Gasteiger charge is 2.30. The first-order valence-electron chi connectivity index (χ1n) is 9.19. The van der Waals surface area contributed by atoms with Gasteiger partial charge in [0.1, 0.15) is 0 Å². The van der Waals surface area contributed by atoms with Crippen LogP contribution in [0.3, 0.4) is 0 Å². The first-order chi connectivity index (χ1) is 10.3. The molecule has 3 nitrogen and oxygen atoms in total. The van der Waals surface area contributed by atoms with Gasteiger partial charge in [-0.15, -0.1) is 0 Å². The zero-order valence-corrected chi connectivity index (χ0v) is 13.9. The van der Waals surface area contributed by atoms with Crippen LogP contribution >= 0.6 is 0 Å². The SMILES string of the molecule is CCCCCCCCCCNCC1CCCCC1C(=O)O. The van der Waals surface area contributed by atoms with E-state index in [4.69, 9.17) is 0 Å². The molecule has 0 radical (unpaired) electrons. The fourth-order valence-corrected chi connectivity index (χ4v) is 3.45. The Kier molecular flexibility index (Phi) is 10.6. The van der Waals surface area contributed by atoms with Crippen LogP contribution in [0.5, 0.6) is 0 Å². The average Bonchev–Trinajstić information content (AvgIpc) is 2.49. The summed E-state index contributed by atoms with van der Waals surface area (Å²) in [5, 5.41) is 12.7. The van der Waals surface area contributed by atoms with Gasteiger partial charge in [0.15, 0.2) is 0 Å². The molecule has 0 spiro atoms. The summed E-state index contributed by atoms with van der Waals surface area (Å²) >= 11 is 0. The molecule has 0 aliphatic heterocycles. The van der Waals surface area contributed by atoms with Crippen molar-refractivity contribution in [2.45, 2.75) is 84.0 Å². The third kappa shape index (κ3) is 8.45. The highest BCUT2D eigenvalue weighted by atomic mass is 16.4. The van der Waals surface area contributed by atoms with E-state index in [2.05, 4.69) is 12.2 Å². The van der Waals surface area contributed by atoms with Gasteiger partial charge < -0.3 is 10.4 Å². The molecule has 0 bridgehead atoms. The summed E-state index contributed by atoms with van der Waals surface area (Å²) in [6.07, 6.45) is 15.0. The Morgan fingerprint density at radius 2 is 1.62 bits per heavy atom. The summed E-state index contributed by atoms with van der Waals surface area (Å²) in [7, 11) is 0. The molecule has 0 aromatic rings. The van der Waals surface area contributed by atoms with Gasteiger partial charge in [-0.1, -0.05) is 64.7 Å². The van der Waals surface area contributed by atoms with Crippen molar-refractivity contribution >= 4 is 5.97 Å². The molecule has 21 heavy (non-hydrogen) atoms. The van der Waals surface area contributed by atoms with Gasteiger partial charge in [-0.25, -0.2) is 0 Å². The van der Waals surface area contributed by atoms with E-state index < -0.39 is 5.97 Å². The van der Waals surface area contributed by atoms with Gasteiger partial charge in [-0.2, -0.15) is 0 Å². The van der Waals surface area contributed by atoms with Crippen molar-refractivity contribution in [3.05, 3.63) is 0 Å². The second-order valence-electron chi connectivity index (χ2n) is 6.67. The minimum atomic E-state index is -0.589. The molecule has 2 unspecified atom stereocenters. The molecule has 1 rings (SSSR count). The van der Waals surface area contributed by atoms with E-state index in [1.807, 2.05) is 0 Å². The maximum absolute atomic E-state index is 11.2. The number of aliphatic carboxylic acids is 1. The number of unbranched alkanes of at least 4 members (excludes halogenated alkanes) is 7. The third-order valence-electron chi connectivity index (χ3n) is 4.84. The van der Waals surface area contributed by atoms with Gasteiger partial charge in [-0.3, -0.25) is 4.79 Å². The fraction of sp³-hybridized carbons (Fsp3) is 0.944. The maximum Gasteiger partial charge on any atom is 0.306 e. The quantitative estimate of drug-likeness (QED) is 0.517. The minimum Gasteiger partial charge on any atom is -0.481 e. The highest BCUT2D eigenvalue weighted by molar-refractivity contribution is 5.70. The van der Waals surface area contributed by atoms with Gasteiger partial charge in [0.2, 0.25) is 0 Å². The van der Waals surface area contributed by atoms with Gasteiger partial charge in [0, 0.05) is 0 Å². The smallest absolute Gasteiger partial charge is 0.306 e. The predicted octanol–water partition coefficient (Wildman–Crippen LogP) is 4.61. The van der Waals surface area contributed by atoms with Gasteiger partial charge in [0.25, 0.3) is 0 Å².